The van der Waals surface area contributed by atoms with Crippen molar-refractivity contribution in [2.75, 3.05) is 20.2 Å². The van der Waals surface area contributed by atoms with Gasteiger partial charge in [-0.2, -0.15) is 13.2 Å². The van der Waals surface area contributed by atoms with Crippen molar-refractivity contribution in [3.63, 3.8) is 0 Å². The van der Waals surface area contributed by atoms with Crippen molar-refractivity contribution in [1.82, 2.24) is 10.2 Å². The number of Topliss-reactive ketones (excluding diaryl/α,β-unsaturated/α-hetero) is 1. The molecule has 0 spiro atoms. The molecule has 1 unspecified atom stereocenters. The Balaban J connectivity index is 1.97. The molecule has 11 heteroatoms. The lowest BCUT2D eigenvalue weighted by molar-refractivity contribution is -0.160. The average Bonchev–Trinajstić information content (AvgIpc) is 3.52. The number of likely N-dealkylation sites (tertiary alicyclic amines) is 1. The second kappa shape index (κ2) is 11.6. The molecule has 0 saturated carbocycles. The van der Waals surface area contributed by atoms with Gasteiger partial charge < -0.3 is 19.7 Å². The lowest BCUT2D eigenvalue weighted by atomic mass is 9.79. The van der Waals surface area contributed by atoms with E-state index in [0.29, 0.717) is 37.9 Å². The molecule has 2 saturated heterocycles. The number of methoxy groups -OCH3 is 1. The highest BCUT2D eigenvalue weighted by Gasteiger charge is 2.51. The maximum atomic E-state index is 14.0. The Hall–Kier alpha value is -2.95. The standard InChI is InChI=1S/C26H33F3N2O6/c1-16(37-17(2)32)20(24(35)36-3)14-22(33)25(15-18-7-9-19(10-8-18)26(27,28)29)11-5-13-31(25)23(34)21-6-4-12-30-21/h7-10,16,20-21,30H,4-6,11-15H2,1-3H3/t16-,20+,21+,25?/m1/s1. The van der Waals surface area contributed by atoms with Crippen molar-refractivity contribution in [3.05, 3.63) is 35.4 Å². The van der Waals surface area contributed by atoms with Gasteiger partial charge in [0.25, 0.3) is 0 Å². The van der Waals surface area contributed by atoms with Crippen LogP contribution in [0.15, 0.2) is 24.3 Å². The van der Waals surface area contributed by atoms with E-state index >= 15 is 0 Å². The number of esters is 2. The summed E-state index contributed by atoms with van der Waals surface area (Å²) in [6.45, 7) is 3.66. The summed E-state index contributed by atoms with van der Waals surface area (Å²) in [5, 5.41) is 3.15. The SMILES string of the molecule is COC(=O)[C@@H](CC(=O)C1(Cc2ccc(C(F)(F)F)cc2)CCCN1C(=O)[C@@H]1CCCN1)[C@@H](C)OC(C)=O. The second-order valence-corrected chi connectivity index (χ2v) is 9.72. The number of alkyl halides is 3. The Bertz CT molecular complexity index is 1010. The van der Waals surface area contributed by atoms with Crippen LogP contribution in [-0.4, -0.2) is 66.4 Å². The summed E-state index contributed by atoms with van der Waals surface area (Å²) in [7, 11) is 1.16. The number of rotatable bonds is 9. The largest absolute Gasteiger partial charge is 0.469 e. The van der Waals surface area contributed by atoms with Crippen LogP contribution in [0.5, 0.6) is 0 Å². The zero-order valence-electron chi connectivity index (χ0n) is 21.2. The van der Waals surface area contributed by atoms with Crippen LogP contribution in [0.1, 0.15) is 57.1 Å². The zero-order valence-corrected chi connectivity index (χ0v) is 21.2. The van der Waals surface area contributed by atoms with Gasteiger partial charge in [0.05, 0.1) is 18.7 Å². The third-order valence-corrected chi connectivity index (χ3v) is 7.24. The van der Waals surface area contributed by atoms with Crippen molar-refractivity contribution in [1.29, 1.82) is 0 Å². The highest BCUT2D eigenvalue weighted by atomic mass is 19.4. The summed E-state index contributed by atoms with van der Waals surface area (Å²) in [5.74, 6) is -3.13. The summed E-state index contributed by atoms with van der Waals surface area (Å²) in [6, 6.07) is 4.08. The first-order valence-electron chi connectivity index (χ1n) is 12.4. The number of benzene rings is 1. The molecule has 37 heavy (non-hydrogen) atoms. The first-order chi connectivity index (χ1) is 17.4. The van der Waals surface area contributed by atoms with Crippen LogP contribution in [0.2, 0.25) is 0 Å². The van der Waals surface area contributed by atoms with Crippen molar-refractivity contribution >= 4 is 23.6 Å². The first-order valence-corrected chi connectivity index (χ1v) is 12.4. The van der Waals surface area contributed by atoms with Gasteiger partial charge in [0.1, 0.15) is 17.6 Å². The number of amides is 1. The van der Waals surface area contributed by atoms with Crippen LogP contribution >= 0.6 is 0 Å². The monoisotopic (exact) mass is 526 g/mol. The number of nitrogens with zero attached hydrogens (tertiary/aromatic N) is 1. The quantitative estimate of drug-likeness (QED) is 0.494. The first kappa shape index (κ1) is 28.6. The minimum atomic E-state index is -4.50. The fraction of sp³-hybridized carbons (Fsp3) is 0.615. The molecular weight excluding hydrogens is 493 g/mol. The summed E-state index contributed by atoms with van der Waals surface area (Å²) in [5.41, 5.74) is -1.71. The molecule has 0 aromatic heterocycles. The topological polar surface area (TPSA) is 102 Å². The molecule has 1 N–H and O–H groups in total. The number of ether oxygens (including phenoxy) is 2. The minimum Gasteiger partial charge on any atom is -0.469 e. The summed E-state index contributed by atoms with van der Waals surface area (Å²) in [4.78, 5) is 53.1. The van der Waals surface area contributed by atoms with Gasteiger partial charge in [-0.25, -0.2) is 0 Å². The predicted octanol–water partition coefficient (Wildman–Crippen LogP) is 3.06. The molecule has 8 nitrogen and oxygen atoms in total. The van der Waals surface area contributed by atoms with Crippen molar-refractivity contribution in [3.8, 4) is 0 Å². The highest BCUT2D eigenvalue weighted by Crippen LogP contribution is 2.38. The van der Waals surface area contributed by atoms with E-state index < -0.39 is 53.1 Å². The molecule has 1 amide bonds. The van der Waals surface area contributed by atoms with Crippen LogP contribution in [0.4, 0.5) is 13.2 Å². The van der Waals surface area contributed by atoms with Crippen molar-refractivity contribution in [2.24, 2.45) is 5.92 Å². The normalized spacial score (nSPS) is 23.4. The Morgan fingerprint density at radius 1 is 1.16 bits per heavy atom. The average molecular weight is 527 g/mol. The van der Waals surface area contributed by atoms with Gasteiger partial charge in [-0.1, -0.05) is 12.1 Å². The number of hydrogen-bond acceptors (Lipinski definition) is 7. The molecule has 2 heterocycles. The second-order valence-electron chi connectivity index (χ2n) is 9.72. The molecule has 2 aliphatic rings. The fourth-order valence-electron chi connectivity index (χ4n) is 5.33. The van der Waals surface area contributed by atoms with E-state index in [-0.39, 0.29) is 18.7 Å². The lowest BCUT2D eigenvalue weighted by Gasteiger charge is -2.40. The van der Waals surface area contributed by atoms with E-state index in [1.54, 1.807) is 0 Å². The third kappa shape index (κ3) is 6.49. The number of halogens is 3. The highest BCUT2D eigenvalue weighted by molar-refractivity contribution is 5.97. The summed E-state index contributed by atoms with van der Waals surface area (Å²) < 4.78 is 49.3. The van der Waals surface area contributed by atoms with E-state index in [1.807, 2.05) is 0 Å². The number of nitrogens with one attached hydrogen (secondary N) is 1. The van der Waals surface area contributed by atoms with Gasteiger partial charge in [-0.3, -0.25) is 19.2 Å². The number of hydrogen-bond donors (Lipinski definition) is 1. The van der Waals surface area contributed by atoms with Gasteiger partial charge in [0, 0.05) is 26.3 Å². The van der Waals surface area contributed by atoms with E-state index in [2.05, 4.69) is 5.32 Å². The van der Waals surface area contributed by atoms with Crippen LogP contribution in [0.25, 0.3) is 0 Å². The van der Waals surface area contributed by atoms with E-state index in [1.165, 1.54) is 30.9 Å². The van der Waals surface area contributed by atoms with Crippen LogP contribution in [0, 0.1) is 5.92 Å². The Morgan fingerprint density at radius 3 is 2.38 bits per heavy atom. The summed E-state index contributed by atoms with van der Waals surface area (Å²) >= 11 is 0. The predicted molar refractivity (Wildman–Crippen MR) is 126 cm³/mol. The molecule has 2 aliphatic heterocycles. The molecule has 1 aromatic rings. The molecule has 0 radical (unpaired) electrons. The van der Waals surface area contributed by atoms with Gasteiger partial charge >= 0.3 is 18.1 Å². The van der Waals surface area contributed by atoms with E-state index in [4.69, 9.17) is 9.47 Å². The molecule has 2 fully saturated rings. The number of carbonyl (C=O) groups is 4. The molecule has 0 bridgehead atoms. The lowest BCUT2D eigenvalue weighted by Crippen LogP contribution is -2.58. The van der Waals surface area contributed by atoms with Crippen LogP contribution in [0.3, 0.4) is 0 Å². The van der Waals surface area contributed by atoms with Crippen molar-refractivity contribution < 1.29 is 41.8 Å². The fourth-order valence-corrected chi connectivity index (χ4v) is 5.33. The zero-order chi connectivity index (χ0) is 27.4. The molecule has 4 atom stereocenters. The molecule has 1 aromatic carbocycles. The van der Waals surface area contributed by atoms with E-state index in [9.17, 15) is 32.3 Å². The minimum absolute atomic E-state index is 0.00172. The van der Waals surface area contributed by atoms with Crippen LogP contribution in [-0.2, 0) is 41.2 Å². The van der Waals surface area contributed by atoms with Gasteiger partial charge in [0.2, 0.25) is 5.91 Å². The molecule has 3 rings (SSSR count). The Morgan fingerprint density at radius 2 is 1.84 bits per heavy atom. The Labute approximate surface area is 213 Å². The number of carbonyl (C=O) groups excluding carboxylic acids is 4. The number of ketones is 1. The van der Waals surface area contributed by atoms with Gasteiger partial charge in [0.15, 0.2) is 5.78 Å². The molecular formula is C26H33F3N2O6. The third-order valence-electron chi connectivity index (χ3n) is 7.24. The van der Waals surface area contributed by atoms with Crippen molar-refractivity contribution in [2.45, 2.75) is 76.2 Å². The smallest absolute Gasteiger partial charge is 0.416 e. The molecule has 0 aliphatic carbocycles. The van der Waals surface area contributed by atoms with E-state index in [0.717, 1.165) is 25.7 Å². The summed E-state index contributed by atoms with van der Waals surface area (Å²) in [6.07, 6.45) is -3.58. The van der Waals surface area contributed by atoms with Crippen LogP contribution < -0.4 is 5.32 Å². The van der Waals surface area contributed by atoms with Gasteiger partial charge in [-0.15, -0.1) is 0 Å². The Kier molecular flexibility index (Phi) is 8.99. The van der Waals surface area contributed by atoms with Gasteiger partial charge in [-0.05, 0) is 56.8 Å². The maximum absolute atomic E-state index is 14.0. The maximum Gasteiger partial charge on any atom is 0.416 e. The molecule has 204 valence electrons.